The Bertz CT molecular complexity index is 535. The Hall–Kier alpha value is -1.97. The third-order valence-corrected chi connectivity index (χ3v) is 4.14. The Balaban J connectivity index is 1.97. The SMILES string of the molecule is COc1cc(C=C2C(=O)C3CCN2CC3)cc(OC)c1. The fourth-order valence-corrected chi connectivity index (χ4v) is 2.98. The van der Waals surface area contributed by atoms with Crippen LogP contribution in [0.2, 0.25) is 0 Å². The molecule has 0 unspecified atom stereocenters. The number of ether oxygens (including phenoxy) is 2. The molecule has 106 valence electrons. The topological polar surface area (TPSA) is 38.8 Å². The first-order valence-corrected chi connectivity index (χ1v) is 6.95. The smallest absolute Gasteiger partial charge is 0.182 e. The van der Waals surface area contributed by atoms with Gasteiger partial charge in [0.1, 0.15) is 11.5 Å². The highest BCUT2D eigenvalue weighted by atomic mass is 16.5. The van der Waals surface area contributed by atoms with Crippen LogP contribution in [-0.2, 0) is 4.79 Å². The molecule has 20 heavy (non-hydrogen) atoms. The van der Waals surface area contributed by atoms with Crippen molar-refractivity contribution in [2.24, 2.45) is 5.92 Å². The van der Waals surface area contributed by atoms with Gasteiger partial charge in [-0.25, -0.2) is 0 Å². The average molecular weight is 273 g/mol. The van der Waals surface area contributed by atoms with E-state index < -0.39 is 0 Å². The maximum absolute atomic E-state index is 12.3. The third kappa shape index (κ3) is 2.26. The first kappa shape index (κ1) is 13.0. The molecule has 0 spiro atoms. The molecule has 2 bridgehead atoms. The predicted molar refractivity (Wildman–Crippen MR) is 76.8 cm³/mol. The van der Waals surface area contributed by atoms with Gasteiger partial charge in [-0.3, -0.25) is 4.79 Å². The number of carbonyl (C=O) groups is 1. The summed E-state index contributed by atoms with van der Waals surface area (Å²) in [6.07, 6.45) is 3.95. The number of fused-ring (bicyclic) bond motifs is 3. The van der Waals surface area contributed by atoms with Crippen LogP contribution in [0, 0.1) is 5.92 Å². The van der Waals surface area contributed by atoms with Gasteiger partial charge in [0.05, 0.1) is 19.9 Å². The number of Topliss-reactive ketones (excluding diaryl/α,β-unsaturated/α-hetero) is 1. The summed E-state index contributed by atoms with van der Waals surface area (Å²) in [6.45, 7) is 1.98. The molecule has 0 amide bonds. The van der Waals surface area contributed by atoms with Crippen LogP contribution >= 0.6 is 0 Å². The lowest BCUT2D eigenvalue weighted by Crippen LogP contribution is -2.45. The van der Waals surface area contributed by atoms with E-state index in [1.165, 1.54) is 0 Å². The fraction of sp³-hybridized carbons (Fsp3) is 0.438. The number of carbonyl (C=O) groups excluding carboxylic acids is 1. The highest BCUT2D eigenvalue weighted by Crippen LogP contribution is 2.33. The molecule has 4 rings (SSSR count). The summed E-state index contributed by atoms with van der Waals surface area (Å²) in [4.78, 5) is 14.5. The number of benzene rings is 1. The lowest BCUT2D eigenvalue weighted by molar-refractivity contribution is -0.125. The molecular weight excluding hydrogens is 254 g/mol. The van der Waals surface area contributed by atoms with Crippen molar-refractivity contribution in [1.82, 2.24) is 4.90 Å². The second kappa shape index (κ2) is 5.19. The van der Waals surface area contributed by atoms with Gasteiger partial charge in [0, 0.05) is 25.1 Å². The summed E-state index contributed by atoms with van der Waals surface area (Å²) < 4.78 is 10.5. The zero-order chi connectivity index (χ0) is 14.1. The van der Waals surface area contributed by atoms with Crippen LogP contribution in [0.25, 0.3) is 6.08 Å². The average Bonchev–Trinajstić information content (AvgIpc) is 2.51. The maximum atomic E-state index is 12.3. The van der Waals surface area contributed by atoms with E-state index in [-0.39, 0.29) is 11.7 Å². The second-order valence-corrected chi connectivity index (χ2v) is 5.30. The first-order valence-electron chi connectivity index (χ1n) is 6.95. The van der Waals surface area contributed by atoms with Crippen LogP contribution < -0.4 is 9.47 Å². The van der Waals surface area contributed by atoms with E-state index >= 15 is 0 Å². The highest BCUT2D eigenvalue weighted by Gasteiger charge is 2.36. The Kier molecular flexibility index (Phi) is 3.38. The summed E-state index contributed by atoms with van der Waals surface area (Å²) in [6, 6.07) is 5.68. The molecule has 0 N–H and O–H groups in total. The molecule has 0 saturated carbocycles. The monoisotopic (exact) mass is 273 g/mol. The van der Waals surface area contributed by atoms with Crippen LogP contribution in [0.3, 0.4) is 0 Å². The van der Waals surface area contributed by atoms with Crippen molar-refractivity contribution in [2.45, 2.75) is 12.8 Å². The van der Waals surface area contributed by atoms with E-state index in [0.29, 0.717) is 0 Å². The van der Waals surface area contributed by atoms with E-state index in [2.05, 4.69) is 4.90 Å². The van der Waals surface area contributed by atoms with Crippen LogP contribution in [0.1, 0.15) is 18.4 Å². The molecule has 4 nitrogen and oxygen atoms in total. The molecule has 0 aliphatic carbocycles. The van der Waals surface area contributed by atoms with E-state index in [4.69, 9.17) is 9.47 Å². The predicted octanol–water partition coefficient (Wildman–Crippen LogP) is 2.34. The summed E-state index contributed by atoms with van der Waals surface area (Å²) in [5, 5.41) is 0. The molecule has 3 fully saturated rings. The van der Waals surface area contributed by atoms with Crippen molar-refractivity contribution in [3.8, 4) is 11.5 Å². The number of hydrogen-bond donors (Lipinski definition) is 0. The van der Waals surface area contributed by atoms with Crippen LogP contribution in [-0.4, -0.2) is 38.0 Å². The summed E-state index contributed by atoms with van der Waals surface area (Å²) in [5.41, 5.74) is 1.78. The van der Waals surface area contributed by atoms with E-state index in [1.807, 2.05) is 24.3 Å². The molecule has 1 aromatic rings. The standard InChI is InChI=1S/C16H19NO3/c1-19-13-7-11(8-14(10-13)20-2)9-15-16(18)12-3-5-17(15)6-4-12/h7-10,12H,3-6H2,1-2H3. The number of ketones is 1. The third-order valence-electron chi connectivity index (χ3n) is 4.14. The lowest BCUT2D eigenvalue weighted by atomic mass is 9.84. The molecule has 0 radical (unpaired) electrons. The van der Waals surface area contributed by atoms with Gasteiger partial charge >= 0.3 is 0 Å². The van der Waals surface area contributed by atoms with Gasteiger partial charge in [0.15, 0.2) is 5.78 Å². The van der Waals surface area contributed by atoms with Crippen molar-refractivity contribution in [2.75, 3.05) is 27.3 Å². The van der Waals surface area contributed by atoms with Crippen LogP contribution in [0.5, 0.6) is 11.5 Å². The summed E-state index contributed by atoms with van der Waals surface area (Å²) in [7, 11) is 3.26. The lowest BCUT2D eigenvalue weighted by Gasteiger charge is -2.41. The van der Waals surface area contributed by atoms with E-state index in [1.54, 1.807) is 14.2 Å². The maximum Gasteiger partial charge on any atom is 0.182 e. The van der Waals surface area contributed by atoms with Crippen LogP contribution in [0.4, 0.5) is 0 Å². The van der Waals surface area contributed by atoms with Gasteiger partial charge in [-0.1, -0.05) is 0 Å². The molecule has 4 heteroatoms. The Morgan fingerprint density at radius 3 is 2.20 bits per heavy atom. The highest BCUT2D eigenvalue weighted by molar-refractivity contribution is 6.01. The zero-order valence-electron chi connectivity index (χ0n) is 11.9. The van der Waals surface area contributed by atoms with Crippen LogP contribution in [0.15, 0.2) is 23.9 Å². The Morgan fingerprint density at radius 1 is 1.10 bits per heavy atom. The van der Waals surface area contributed by atoms with Gasteiger partial charge in [-0.2, -0.15) is 0 Å². The molecule has 0 atom stereocenters. The van der Waals surface area contributed by atoms with E-state index in [0.717, 1.165) is 48.7 Å². The fourth-order valence-electron chi connectivity index (χ4n) is 2.98. The van der Waals surface area contributed by atoms with E-state index in [9.17, 15) is 4.79 Å². The number of piperidine rings is 3. The Morgan fingerprint density at radius 2 is 1.70 bits per heavy atom. The van der Waals surface area contributed by atoms with Gasteiger partial charge in [0.2, 0.25) is 0 Å². The van der Waals surface area contributed by atoms with Crippen molar-refractivity contribution in [3.05, 3.63) is 29.5 Å². The molecule has 3 saturated heterocycles. The van der Waals surface area contributed by atoms with Gasteiger partial charge in [-0.05, 0) is 36.6 Å². The van der Waals surface area contributed by atoms with Crippen molar-refractivity contribution in [1.29, 1.82) is 0 Å². The number of hydrogen-bond acceptors (Lipinski definition) is 4. The molecule has 3 aliphatic heterocycles. The number of allylic oxidation sites excluding steroid dienone is 1. The minimum absolute atomic E-state index is 0.221. The molecule has 3 aliphatic rings. The zero-order valence-corrected chi connectivity index (χ0v) is 11.9. The summed E-state index contributed by atoms with van der Waals surface area (Å²) >= 11 is 0. The molecular formula is C16H19NO3. The number of methoxy groups -OCH3 is 2. The minimum atomic E-state index is 0.221. The Labute approximate surface area is 119 Å². The summed E-state index contributed by atoms with van der Waals surface area (Å²) in [5.74, 6) is 1.97. The molecule has 0 aromatic heterocycles. The normalized spacial score (nSPS) is 20.6. The number of nitrogens with zero attached hydrogens (tertiary/aromatic N) is 1. The minimum Gasteiger partial charge on any atom is -0.497 e. The quantitative estimate of drug-likeness (QED) is 0.792. The molecule has 3 heterocycles. The van der Waals surface area contributed by atoms with Crippen molar-refractivity contribution >= 4 is 11.9 Å². The van der Waals surface area contributed by atoms with Gasteiger partial charge in [-0.15, -0.1) is 0 Å². The first-order chi connectivity index (χ1) is 9.71. The number of rotatable bonds is 3. The van der Waals surface area contributed by atoms with Gasteiger partial charge in [0.25, 0.3) is 0 Å². The molecule has 1 aromatic carbocycles. The van der Waals surface area contributed by atoms with Gasteiger partial charge < -0.3 is 14.4 Å². The van der Waals surface area contributed by atoms with Crippen molar-refractivity contribution in [3.63, 3.8) is 0 Å². The second-order valence-electron chi connectivity index (χ2n) is 5.30. The largest absolute Gasteiger partial charge is 0.497 e. The van der Waals surface area contributed by atoms with Crippen molar-refractivity contribution < 1.29 is 14.3 Å².